The lowest BCUT2D eigenvalue weighted by Gasteiger charge is -2.06. The van der Waals surface area contributed by atoms with E-state index in [1.807, 2.05) is 11.6 Å². The summed E-state index contributed by atoms with van der Waals surface area (Å²) >= 11 is 3.07. The molecular weight excluding hydrogens is 324 g/mol. The van der Waals surface area contributed by atoms with E-state index in [0.717, 1.165) is 12.8 Å². The maximum atomic E-state index is 11.8. The summed E-state index contributed by atoms with van der Waals surface area (Å²) in [6, 6.07) is -0.749. The van der Waals surface area contributed by atoms with Gasteiger partial charge in [-0.05, 0) is 22.4 Å². The van der Waals surface area contributed by atoms with Gasteiger partial charge in [-0.15, -0.1) is 0 Å². The number of carbonyl (C=O) groups excluding carboxylic acids is 1. The Morgan fingerprint density at radius 1 is 1.56 bits per heavy atom. The average Bonchev–Trinajstić information content (AvgIpc) is 2.58. The van der Waals surface area contributed by atoms with Gasteiger partial charge in [0.1, 0.15) is 0 Å². The lowest BCUT2D eigenvalue weighted by atomic mass is 10.3. The number of aryl methyl sites for hydroxylation is 1. The van der Waals surface area contributed by atoms with Crippen LogP contribution in [0.5, 0.6) is 0 Å². The number of carbonyl (C=O) groups is 1. The second-order valence-electron chi connectivity index (χ2n) is 3.67. The van der Waals surface area contributed by atoms with E-state index in [0.29, 0.717) is 11.0 Å². The Labute approximate surface area is 114 Å². The third kappa shape index (κ3) is 3.98. The summed E-state index contributed by atoms with van der Waals surface area (Å²) in [6.45, 7) is 2.41. The van der Waals surface area contributed by atoms with Crippen LogP contribution in [-0.4, -0.2) is 30.8 Å². The van der Waals surface area contributed by atoms with Crippen LogP contribution in [-0.2, 0) is 17.1 Å². The van der Waals surface area contributed by atoms with Crippen LogP contribution in [0.15, 0.2) is 15.7 Å². The van der Waals surface area contributed by atoms with Crippen LogP contribution in [0.2, 0.25) is 0 Å². The molecule has 0 aliphatic carbocycles. The third-order valence-corrected chi connectivity index (χ3v) is 4.16. The van der Waals surface area contributed by atoms with E-state index in [1.54, 1.807) is 7.05 Å². The molecular formula is C9H15BrN4O3S. The van der Waals surface area contributed by atoms with E-state index in [4.69, 9.17) is 0 Å². The van der Waals surface area contributed by atoms with Gasteiger partial charge < -0.3 is 5.32 Å². The highest BCUT2D eigenvalue weighted by molar-refractivity contribution is 9.10. The molecule has 18 heavy (non-hydrogen) atoms. The number of aromatic nitrogens is 2. The van der Waals surface area contributed by atoms with Crippen LogP contribution in [0, 0.1) is 0 Å². The molecule has 0 spiro atoms. The molecule has 0 saturated heterocycles. The largest absolute Gasteiger partial charge is 0.337 e. The fourth-order valence-corrected chi connectivity index (χ4v) is 3.18. The summed E-state index contributed by atoms with van der Waals surface area (Å²) in [5, 5.41) is 6.01. The number of rotatable bonds is 5. The fraction of sp³-hybridized carbons (Fsp3) is 0.556. The van der Waals surface area contributed by atoms with Gasteiger partial charge in [-0.3, -0.25) is 4.68 Å². The number of amides is 2. The lowest BCUT2D eigenvalue weighted by Crippen LogP contribution is -2.40. The average molecular weight is 339 g/mol. The molecule has 0 unspecified atom stereocenters. The molecule has 1 aromatic heterocycles. The minimum Gasteiger partial charge on any atom is -0.337 e. The summed E-state index contributed by atoms with van der Waals surface area (Å²) in [6.07, 6.45) is 3.20. The Morgan fingerprint density at radius 3 is 2.72 bits per heavy atom. The third-order valence-electron chi connectivity index (χ3n) is 2.05. The molecule has 0 saturated carbocycles. The van der Waals surface area contributed by atoms with E-state index in [2.05, 4.69) is 26.3 Å². The smallest absolute Gasteiger partial charge is 0.328 e. The zero-order valence-electron chi connectivity index (χ0n) is 10.1. The molecule has 2 amide bonds. The van der Waals surface area contributed by atoms with Crippen LogP contribution in [0.3, 0.4) is 0 Å². The van der Waals surface area contributed by atoms with Gasteiger partial charge in [0.25, 0.3) is 10.0 Å². The van der Waals surface area contributed by atoms with Gasteiger partial charge in [-0.2, -0.15) is 13.5 Å². The Balaban J connectivity index is 2.71. The van der Waals surface area contributed by atoms with E-state index < -0.39 is 16.1 Å². The quantitative estimate of drug-likeness (QED) is 0.782. The van der Waals surface area contributed by atoms with E-state index in [-0.39, 0.29) is 5.03 Å². The Morgan fingerprint density at radius 2 is 2.22 bits per heavy atom. The summed E-state index contributed by atoms with van der Waals surface area (Å²) in [4.78, 5) is 11.4. The topological polar surface area (TPSA) is 93.1 Å². The molecule has 0 bridgehead atoms. The minimum atomic E-state index is -3.95. The van der Waals surface area contributed by atoms with Crippen molar-refractivity contribution in [1.82, 2.24) is 19.8 Å². The molecule has 1 rings (SSSR count). The maximum Gasteiger partial charge on any atom is 0.328 e. The summed E-state index contributed by atoms with van der Waals surface area (Å²) in [5.41, 5.74) is 0. The van der Waals surface area contributed by atoms with E-state index in [9.17, 15) is 13.2 Å². The van der Waals surface area contributed by atoms with Gasteiger partial charge in [-0.25, -0.2) is 9.52 Å². The first-order chi connectivity index (χ1) is 8.36. The van der Waals surface area contributed by atoms with Crippen LogP contribution in [0.1, 0.15) is 19.8 Å². The van der Waals surface area contributed by atoms with Crippen LogP contribution < -0.4 is 10.0 Å². The highest BCUT2D eigenvalue weighted by Crippen LogP contribution is 2.18. The first-order valence-corrected chi connectivity index (χ1v) is 7.64. The molecule has 0 aliphatic rings. The number of hydrogen-bond donors (Lipinski definition) is 2. The van der Waals surface area contributed by atoms with Crippen molar-refractivity contribution in [3.05, 3.63) is 10.7 Å². The standard InChI is InChI=1S/C9H15BrN4O3S/c1-3-4-5-11-9(15)13-18(16,17)8-7(10)6-14(2)12-8/h6H,3-5H2,1-2H3,(H2,11,13,15). The van der Waals surface area contributed by atoms with Crippen molar-refractivity contribution in [3.8, 4) is 0 Å². The highest BCUT2D eigenvalue weighted by Gasteiger charge is 2.23. The highest BCUT2D eigenvalue weighted by atomic mass is 79.9. The molecule has 1 aromatic rings. The summed E-state index contributed by atoms with van der Waals surface area (Å²) < 4.78 is 27.2. The van der Waals surface area contributed by atoms with Gasteiger partial charge in [0.2, 0.25) is 5.03 Å². The van der Waals surface area contributed by atoms with E-state index >= 15 is 0 Å². The van der Waals surface area contributed by atoms with Crippen LogP contribution in [0.4, 0.5) is 4.79 Å². The van der Waals surface area contributed by atoms with Crippen molar-refractivity contribution in [3.63, 3.8) is 0 Å². The Kier molecular flexibility index (Phi) is 5.15. The molecule has 0 aromatic carbocycles. The van der Waals surface area contributed by atoms with Crippen molar-refractivity contribution in [2.24, 2.45) is 7.05 Å². The number of nitrogens with zero attached hydrogens (tertiary/aromatic N) is 2. The zero-order chi connectivity index (χ0) is 13.8. The van der Waals surface area contributed by atoms with E-state index in [1.165, 1.54) is 10.9 Å². The van der Waals surface area contributed by atoms with Gasteiger partial charge in [0.15, 0.2) is 0 Å². The van der Waals surface area contributed by atoms with Crippen molar-refractivity contribution < 1.29 is 13.2 Å². The second kappa shape index (κ2) is 6.19. The van der Waals surface area contributed by atoms with Crippen molar-refractivity contribution >= 4 is 32.0 Å². The maximum absolute atomic E-state index is 11.8. The number of unbranched alkanes of at least 4 members (excludes halogenated alkanes) is 1. The van der Waals surface area contributed by atoms with Gasteiger partial charge in [-0.1, -0.05) is 13.3 Å². The fourth-order valence-electron chi connectivity index (χ4n) is 1.21. The minimum absolute atomic E-state index is 0.212. The summed E-state index contributed by atoms with van der Waals surface area (Å²) in [5.74, 6) is 0. The first-order valence-electron chi connectivity index (χ1n) is 5.36. The molecule has 0 aliphatic heterocycles. The Hall–Kier alpha value is -1.09. The number of nitrogens with one attached hydrogen (secondary N) is 2. The van der Waals surface area contributed by atoms with Crippen LogP contribution in [0.25, 0.3) is 0 Å². The predicted octanol–water partition coefficient (Wildman–Crippen LogP) is 0.971. The predicted molar refractivity (Wildman–Crippen MR) is 69.5 cm³/mol. The van der Waals surface area contributed by atoms with Gasteiger partial charge in [0, 0.05) is 19.8 Å². The molecule has 7 nitrogen and oxygen atoms in total. The lowest BCUT2D eigenvalue weighted by molar-refractivity contribution is 0.245. The number of urea groups is 1. The molecule has 102 valence electrons. The van der Waals surface area contributed by atoms with Crippen molar-refractivity contribution in [1.29, 1.82) is 0 Å². The Bertz CT molecular complexity index is 526. The van der Waals surface area contributed by atoms with Gasteiger partial charge >= 0.3 is 6.03 Å². The molecule has 0 fully saturated rings. The monoisotopic (exact) mass is 338 g/mol. The van der Waals surface area contributed by atoms with Crippen molar-refractivity contribution in [2.45, 2.75) is 24.8 Å². The molecule has 0 radical (unpaired) electrons. The van der Waals surface area contributed by atoms with Gasteiger partial charge in [0.05, 0.1) is 4.47 Å². The van der Waals surface area contributed by atoms with Crippen molar-refractivity contribution in [2.75, 3.05) is 6.54 Å². The molecule has 9 heteroatoms. The number of halogens is 1. The van der Waals surface area contributed by atoms with Crippen LogP contribution >= 0.6 is 15.9 Å². The zero-order valence-corrected chi connectivity index (χ0v) is 12.5. The number of hydrogen-bond acceptors (Lipinski definition) is 4. The molecule has 2 N–H and O–H groups in total. The SMILES string of the molecule is CCCCNC(=O)NS(=O)(=O)c1nn(C)cc1Br. The second-order valence-corrected chi connectivity index (χ2v) is 6.12. The first kappa shape index (κ1) is 15.0. The summed E-state index contributed by atoms with van der Waals surface area (Å²) in [7, 11) is -2.36. The number of sulfonamides is 1. The molecule has 1 heterocycles. The molecule has 0 atom stereocenters. The normalized spacial score (nSPS) is 11.3.